The van der Waals surface area contributed by atoms with Gasteiger partial charge in [-0.2, -0.15) is 0 Å². The van der Waals surface area contributed by atoms with Gasteiger partial charge in [0.2, 0.25) is 5.91 Å². The smallest absolute Gasteiger partial charge is 0.223 e. The zero-order valence-electron chi connectivity index (χ0n) is 10.6. The van der Waals surface area contributed by atoms with Gasteiger partial charge in [-0.05, 0) is 30.7 Å². The molecule has 1 amide bonds. The maximum Gasteiger partial charge on any atom is 0.223 e. The fourth-order valence-corrected chi connectivity index (χ4v) is 2.70. The molecule has 0 heterocycles. The Hall–Kier alpha value is -0.960. The summed E-state index contributed by atoms with van der Waals surface area (Å²) in [6, 6.07) is 8.37. The third kappa shape index (κ3) is 2.49. The van der Waals surface area contributed by atoms with Crippen LogP contribution in [-0.4, -0.2) is 12.2 Å². The topological polar surface area (TPSA) is 29.1 Å². The summed E-state index contributed by atoms with van der Waals surface area (Å²) in [5, 5.41) is 3.21. The highest BCUT2D eigenvalue weighted by atomic mass is 32.2. The van der Waals surface area contributed by atoms with Crippen LogP contribution in [0.15, 0.2) is 29.2 Å². The molecule has 17 heavy (non-hydrogen) atoms. The van der Waals surface area contributed by atoms with Gasteiger partial charge in [0.05, 0.1) is 5.54 Å². The number of benzene rings is 1. The van der Waals surface area contributed by atoms with Crippen molar-refractivity contribution in [1.82, 2.24) is 5.32 Å². The van der Waals surface area contributed by atoms with Gasteiger partial charge in [0.25, 0.3) is 0 Å². The summed E-state index contributed by atoms with van der Waals surface area (Å²) in [7, 11) is 0. The second kappa shape index (κ2) is 4.73. The van der Waals surface area contributed by atoms with Crippen LogP contribution in [0.2, 0.25) is 0 Å². The maximum atomic E-state index is 11.9. The van der Waals surface area contributed by atoms with Crippen LogP contribution in [0.25, 0.3) is 0 Å². The van der Waals surface area contributed by atoms with Gasteiger partial charge in [0.15, 0.2) is 0 Å². The Morgan fingerprint density at radius 1 is 1.35 bits per heavy atom. The first-order chi connectivity index (χ1) is 8.09. The lowest BCUT2D eigenvalue weighted by atomic mass is 10.0. The summed E-state index contributed by atoms with van der Waals surface area (Å²) >= 11 is 1.75. The Balaban J connectivity index is 2.24. The molecule has 0 unspecified atom stereocenters. The summed E-state index contributed by atoms with van der Waals surface area (Å²) in [5.41, 5.74) is 1.20. The zero-order chi connectivity index (χ0) is 12.5. The van der Waals surface area contributed by atoms with Gasteiger partial charge in [-0.15, -0.1) is 11.8 Å². The molecule has 92 valence electrons. The number of carbonyl (C=O) groups is 1. The summed E-state index contributed by atoms with van der Waals surface area (Å²) in [5.74, 6) is 0.201. The minimum absolute atomic E-state index is 0.0499. The van der Waals surface area contributed by atoms with E-state index in [1.54, 1.807) is 11.8 Å². The molecular weight excluding hydrogens is 230 g/mol. The van der Waals surface area contributed by atoms with Gasteiger partial charge >= 0.3 is 0 Å². The first-order valence-corrected chi connectivity index (χ1v) is 7.27. The predicted octanol–water partition coefficient (Wildman–Crippen LogP) is 3.17. The number of amides is 1. The molecule has 3 heteroatoms. The van der Waals surface area contributed by atoms with Gasteiger partial charge < -0.3 is 5.32 Å². The van der Waals surface area contributed by atoms with Gasteiger partial charge in [0, 0.05) is 10.8 Å². The first-order valence-electron chi connectivity index (χ1n) is 6.04. The van der Waals surface area contributed by atoms with Crippen LogP contribution in [0.5, 0.6) is 0 Å². The van der Waals surface area contributed by atoms with Crippen LogP contribution in [0.1, 0.15) is 32.3 Å². The van der Waals surface area contributed by atoms with Gasteiger partial charge in [-0.1, -0.05) is 32.0 Å². The second-order valence-corrected chi connectivity index (χ2v) is 5.77. The maximum absolute atomic E-state index is 11.9. The normalized spacial score (nSPS) is 16.9. The van der Waals surface area contributed by atoms with E-state index in [4.69, 9.17) is 0 Å². The van der Waals surface area contributed by atoms with E-state index in [9.17, 15) is 4.79 Å². The summed E-state index contributed by atoms with van der Waals surface area (Å²) in [6.45, 7) is 3.87. The van der Waals surface area contributed by atoms with E-state index in [2.05, 4.69) is 35.8 Å². The molecule has 0 aromatic heterocycles. The molecule has 1 saturated carbocycles. The Labute approximate surface area is 107 Å². The van der Waals surface area contributed by atoms with E-state index in [0.29, 0.717) is 0 Å². The number of thioether (sulfide) groups is 1. The number of nitrogens with one attached hydrogen (secondary N) is 1. The number of rotatable bonds is 4. The van der Waals surface area contributed by atoms with Crippen molar-refractivity contribution in [2.24, 2.45) is 5.92 Å². The van der Waals surface area contributed by atoms with Crippen molar-refractivity contribution in [3.63, 3.8) is 0 Å². The van der Waals surface area contributed by atoms with Crippen LogP contribution < -0.4 is 5.32 Å². The lowest BCUT2D eigenvalue weighted by molar-refractivity contribution is -0.125. The molecule has 1 N–H and O–H groups in total. The first kappa shape index (κ1) is 12.5. The van der Waals surface area contributed by atoms with Crippen LogP contribution in [0, 0.1) is 5.92 Å². The largest absolute Gasteiger partial charge is 0.346 e. The molecule has 0 saturated heterocycles. The minimum Gasteiger partial charge on any atom is -0.346 e. The van der Waals surface area contributed by atoms with Crippen LogP contribution in [0.3, 0.4) is 0 Å². The van der Waals surface area contributed by atoms with E-state index in [-0.39, 0.29) is 17.4 Å². The fraction of sp³-hybridized carbons (Fsp3) is 0.500. The van der Waals surface area contributed by atoms with E-state index < -0.39 is 0 Å². The fourth-order valence-electron chi connectivity index (χ4n) is 2.01. The number of hydrogen-bond donors (Lipinski definition) is 1. The summed E-state index contributed by atoms with van der Waals surface area (Å²) < 4.78 is 0. The molecular formula is C14H19NOS. The van der Waals surface area contributed by atoms with Crippen molar-refractivity contribution in [2.45, 2.75) is 37.1 Å². The molecule has 2 rings (SSSR count). The summed E-state index contributed by atoms with van der Waals surface area (Å²) in [4.78, 5) is 13.1. The molecule has 1 fully saturated rings. The standard InChI is InChI=1S/C14H19NOS/c1-10(2)13(16)15-14(8-9-14)11-6-4-5-7-12(11)17-3/h4-7,10H,8-9H2,1-3H3,(H,15,16). The van der Waals surface area contributed by atoms with Crippen molar-refractivity contribution in [3.05, 3.63) is 29.8 Å². The highest BCUT2D eigenvalue weighted by Crippen LogP contribution is 2.48. The van der Waals surface area contributed by atoms with Crippen molar-refractivity contribution in [2.75, 3.05) is 6.26 Å². The minimum atomic E-state index is -0.0824. The lowest BCUT2D eigenvalue weighted by Gasteiger charge is -2.21. The molecule has 0 spiro atoms. The average molecular weight is 249 g/mol. The summed E-state index contributed by atoms with van der Waals surface area (Å²) in [6.07, 6.45) is 4.20. The van der Waals surface area contributed by atoms with Crippen LogP contribution in [0.4, 0.5) is 0 Å². The lowest BCUT2D eigenvalue weighted by Crippen LogP contribution is -2.37. The predicted molar refractivity (Wildman–Crippen MR) is 72.1 cm³/mol. The molecule has 1 aromatic carbocycles. The van der Waals surface area contributed by atoms with Gasteiger partial charge in [-0.3, -0.25) is 4.79 Å². The third-order valence-corrected chi connectivity index (χ3v) is 4.06. The van der Waals surface area contributed by atoms with E-state index in [1.165, 1.54) is 10.5 Å². The van der Waals surface area contributed by atoms with Crippen LogP contribution >= 0.6 is 11.8 Å². The molecule has 0 atom stereocenters. The average Bonchev–Trinajstić information content (AvgIpc) is 3.09. The Morgan fingerprint density at radius 2 is 2.00 bits per heavy atom. The molecule has 1 aliphatic carbocycles. The molecule has 0 radical (unpaired) electrons. The Morgan fingerprint density at radius 3 is 2.53 bits per heavy atom. The van der Waals surface area contributed by atoms with E-state index >= 15 is 0 Å². The molecule has 0 bridgehead atoms. The molecule has 0 aliphatic heterocycles. The van der Waals surface area contributed by atoms with Crippen LogP contribution in [-0.2, 0) is 10.3 Å². The van der Waals surface area contributed by atoms with Crippen molar-refractivity contribution in [3.8, 4) is 0 Å². The van der Waals surface area contributed by atoms with Crippen molar-refractivity contribution >= 4 is 17.7 Å². The van der Waals surface area contributed by atoms with E-state index in [0.717, 1.165) is 12.8 Å². The molecule has 1 aliphatic rings. The second-order valence-electron chi connectivity index (χ2n) is 4.93. The zero-order valence-corrected chi connectivity index (χ0v) is 11.4. The number of hydrogen-bond acceptors (Lipinski definition) is 2. The van der Waals surface area contributed by atoms with Gasteiger partial charge in [0.1, 0.15) is 0 Å². The number of carbonyl (C=O) groups excluding carboxylic acids is 1. The SMILES string of the molecule is CSc1ccccc1C1(NC(=O)C(C)C)CC1. The Bertz CT molecular complexity index is 424. The quantitative estimate of drug-likeness (QED) is 0.830. The Kier molecular flexibility index (Phi) is 3.48. The van der Waals surface area contributed by atoms with Gasteiger partial charge in [-0.25, -0.2) is 0 Å². The van der Waals surface area contributed by atoms with Crippen molar-refractivity contribution < 1.29 is 4.79 Å². The van der Waals surface area contributed by atoms with Crippen molar-refractivity contribution in [1.29, 1.82) is 0 Å². The monoisotopic (exact) mass is 249 g/mol. The third-order valence-electron chi connectivity index (χ3n) is 3.26. The van der Waals surface area contributed by atoms with E-state index in [1.807, 2.05) is 13.8 Å². The highest BCUT2D eigenvalue weighted by Gasteiger charge is 2.46. The highest BCUT2D eigenvalue weighted by molar-refractivity contribution is 7.98. The molecule has 1 aromatic rings. The molecule has 2 nitrogen and oxygen atoms in total.